The molecule has 6 nitrogen and oxygen atoms in total. The summed E-state index contributed by atoms with van der Waals surface area (Å²) >= 11 is 0. The van der Waals surface area contributed by atoms with E-state index in [4.69, 9.17) is 4.52 Å². The van der Waals surface area contributed by atoms with Crippen LogP contribution in [-0.4, -0.2) is 21.0 Å². The minimum absolute atomic E-state index is 0.0385. The normalized spacial score (nSPS) is 10.9. The molecule has 0 atom stereocenters. The fourth-order valence-electron chi connectivity index (χ4n) is 4.09. The zero-order chi connectivity index (χ0) is 23.9. The van der Waals surface area contributed by atoms with Crippen LogP contribution >= 0.6 is 0 Å². The Balaban J connectivity index is 1.33. The van der Waals surface area contributed by atoms with Crippen LogP contribution in [0.3, 0.4) is 0 Å². The van der Waals surface area contributed by atoms with Crippen LogP contribution in [0.25, 0.3) is 11.4 Å². The van der Waals surface area contributed by atoms with Crippen LogP contribution in [0.1, 0.15) is 34.9 Å². The molecule has 2 heterocycles. The van der Waals surface area contributed by atoms with Crippen LogP contribution in [0, 0.1) is 0 Å². The molecule has 1 N–H and O–H groups in total. The zero-order valence-electron chi connectivity index (χ0n) is 19.0. The summed E-state index contributed by atoms with van der Waals surface area (Å²) < 4.78 is 5.47. The van der Waals surface area contributed by atoms with Gasteiger partial charge in [-0.25, -0.2) is 0 Å². The number of carbonyl (C=O) groups excluding carboxylic acids is 1. The van der Waals surface area contributed by atoms with Crippen LogP contribution in [0.4, 0.5) is 5.69 Å². The van der Waals surface area contributed by atoms with Gasteiger partial charge in [0.1, 0.15) is 0 Å². The lowest BCUT2D eigenvalue weighted by Gasteiger charge is -2.18. The number of benzene rings is 3. The highest BCUT2D eigenvalue weighted by molar-refractivity contribution is 5.92. The van der Waals surface area contributed by atoms with E-state index in [1.807, 2.05) is 72.8 Å². The van der Waals surface area contributed by atoms with E-state index >= 15 is 0 Å². The molecule has 0 radical (unpaired) electrons. The fourth-order valence-corrected chi connectivity index (χ4v) is 4.09. The summed E-state index contributed by atoms with van der Waals surface area (Å²) in [6, 6.07) is 31.6. The molecule has 5 aromatic rings. The third-order valence-corrected chi connectivity index (χ3v) is 5.83. The second-order valence-electron chi connectivity index (χ2n) is 8.21. The van der Waals surface area contributed by atoms with Gasteiger partial charge in [-0.2, -0.15) is 4.98 Å². The first-order valence-corrected chi connectivity index (χ1v) is 11.5. The Kier molecular flexibility index (Phi) is 6.71. The summed E-state index contributed by atoms with van der Waals surface area (Å²) in [6.07, 6.45) is 4.12. The molecule has 172 valence electrons. The number of nitrogens with one attached hydrogen (secondary N) is 1. The predicted molar refractivity (Wildman–Crippen MR) is 135 cm³/mol. The molecular weight excluding hydrogens is 436 g/mol. The third kappa shape index (κ3) is 5.50. The van der Waals surface area contributed by atoms with Crippen LogP contribution < -0.4 is 5.32 Å². The van der Waals surface area contributed by atoms with E-state index in [1.54, 1.807) is 12.4 Å². The molecule has 0 saturated heterocycles. The Hall–Kier alpha value is -4.58. The molecular formula is C29H24N4O2. The lowest BCUT2D eigenvalue weighted by Crippen LogP contribution is -2.17. The largest absolute Gasteiger partial charge is 0.339 e. The van der Waals surface area contributed by atoms with Gasteiger partial charge in [0.15, 0.2) is 0 Å². The van der Waals surface area contributed by atoms with Crippen LogP contribution in [-0.2, 0) is 11.2 Å². The summed E-state index contributed by atoms with van der Waals surface area (Å²) in [5.41, 5.74) is 4.69. The first kappa shape index (κ1) is 22.2. The van der Waals surface area contributed by atoms with Crippen LogP contribution in [0.15, 0.2) is 114 Å². The van der Waals surface area contributed by atoms with Crippen molar-refractivity contribution in [3.8, 4) is 11.4 Å². The highest BCUT2D eigenvalue weighted by Crippen LogP contribution is 2.29. The van der Waals surface area contributed by atoms with Crippen molar-refractivity contribution in [3.05, 3.63) is 132 Å². The monoisotopic (exact) mass is 460 g/mol. The molecule has 0 aliphatic heterocycles. The van der Waals surface area contributed by atoms with Gasteiger partial charge >= 0.3 is 0 Å². The Morgan fingerprint density at radius 1 is 0.800 bits per heavy atom. The van der Waals surface area contributed by atoms with Gasteiger partial charge in [-0.05, 0) is 34.9 Å². The molecule has 3 aromatic carbocycles. The van der Waals surface area contributed by atoms with Crippen molar-refractivity contribution >= 4 is 11.6 Å². The molecule has 0 aliphatic rings. The van der Waals surface area contributed by atoms with Gasteiger partial charge in [-0.3, -0.25) is 9.78 Å². The zero-order valence-corrected chi connectivity index (χ0v) is 19.0. The van der Waals surface area contributed by atoms with Crippen molar-refractivity contribution in [1.29, 1.82) is 0 Å². The second kappa shape index (κ2) is 10.6. The van der Waals surface area contributed by atoms with E-state index in [-0.39, 0.29) is 11.8 Å². The molecule has 0 fully saturated rings. The minimum atomic E-state index is -0.0573. The Morgan fingerprint density at radius 3 is 2.11 bits per heavy atom. The molecule has 6 heteroatoms. The summed E-state index contributed by atoms with van der Waals surface area (Å²) in [6.45, 7) is 0. The number of hydrogen-bond donors (Lipinski definition) is 1. The highest BCUT2D eigenvalue weighted by Gasteiger charge is 2.19. The number of rotatable bonds is 8. The van der Waals surface area contributed by atoms with Gasteiger partial charge in [0.2, 0.25) is 17.6 Å². The molecule has 0 unspecified atom stereocenters. The van der Waals surface area contributed by atoms with Crippen LogP contribution in [0.5, 0.6) is 0 Å². The van der Waals surface area contributed by atoms with E-state index in [0.29, 0.717) is 24.6 Å². The fraction of sp³-hybridized carbons (Fsp3) is 0.103. The van der Waals surface area contributed by atoms with Crippen molar-refractivity contribution in [2.45, 2.75) is 18.8 Å². The number of pyridine rings is 1. The number of aromatic nitrogens is 3. The molecule has 0 spiro atoms. The van der Waals surface area contributed by atoms with E-state index in [0.717, 1.165) is 27.9 Å². The average molecular weight is 461 g/mol. The highest BCUT2D eigenvalue weighted by atomic mass is 16.5. The Morgan fingerprint density at radius 2 is 1.43 bits per heavy atom. The molecule has 1 amide bonds. The van der Waals surface area contributed by atoms with Gasteiger partial charge in [-0.15, -0.1) is 0 Å². The lowest BCUT2D eigenvalue weighted by atomic mass is 9.88. The maximum atomic E-state index is 13.2. The maximum absolute atomic E-state index is 13.2. The van der Waals surface area contributed by atoms with Crippen molar-refractivity contribution in [1.82, 2.24) is 15.1 Å². The summed E-state index contributed by atoms with van der Waals surface area (Å²) in [7, 11) is 0. The standard InChI is InChI=1S/C29H24N4O2/c34-27(20-25(21-9-3-1-4-10-21)22-11-5-2-6-12-22)31-26-14-8-7-13-24(26)19-28-32-29(33-35-28)23-15-17-30-18-16-23/h1-18,25H,19-20H2,(H,31,34). The molecule has 0 aliphatic carbocycles. The summed E-state index contributed by atoms with van der Waals surface area (Å²) in [5.74, 6) is 0.893. The van der Waals surface area contributed by atoms with Gasteiger partial charge in [0.25, 0.3) is 0 Å². The Bertz CT molecular complexity index is 1350. The van der Waals surface area contributed by atoms with Crippen molar-refractivity contribution < 1.29 is 9.32 Å². The number of nitrogens with zero attached hydrogens (tertiary/aromatic N) is 3. The number of hydrogen-bond acceptors (Lipinski definition) is 5. The van der Waals surface area contributed by atoms with Crippen LogP contribution in [0.2, 0.25) is 0 Å². The molecule has 2 aromatic heterocycles. The van der Waals surface area contributed by atoms with Gasteiger partial charge in [0, 0.05) is 36.0 Å². The molecule has 0 saturated carbocycles. The number of anilines is 1. The SMILES string of the molecule is O=C(CC(c1ccccc1)c1ccccc1)Nc1ccccc1Cc1nc(-c2ccncc2)no1. The molecule has 35 heavy (non-hydrogen) atoms. The van der Waals surface area contributed by atoms with E-state index < -0.39 is 0 Å². The summed E-state index contributed by atoms with van der Waals surface area (Å²) in [5, 5.41) is 7.18. The van der Waals surface area contributed by atoms with Crippen molar-refractivity contribution in [2.24, 2.45) is 0 Å². The van der Waals surface area contributed by atoms with E-state index in [1.165, 1.54) is 0 Å². The van der Waals surface area contributed by atoms with E-state index in [9.17, 15) is 4.79 Å². The predicted octanol–water partition coefficient (Wildman–Crippen LogP) is 5.88. The van der Waals surface area contributed by atoms with E-state index in [2.05, 4.69) is 44.7 Å². The maximum Gasteiger partial charge on any atom is 0.231 e. The van der Waals surface area contributed by atoms with Crippen molar-refractivity contribution in [2.75, 3.05) is 5.32 Å². The molecule has 5 rings (SSSR count). The summed E-state index contributed by atoms with van der Waals surface area (Å²) in [4.78, 5) is 21.7. The number of carbonyl (C=O) groups is 1. The second-order valence-corrected chi connectivity index (χ2v) is 8.21. The van der Waals surface area contributed by atoms with Gasteiger partial charge in [0.05, 0.1) is 6.42 Å². The lowest BCUT2D eigenvalue weighted by molar-refractivity contribution is -0.116. The first-order chi connectivity index (χ1) is 17.3. The van der Waals surface area contributed by atoms with Gasteiger partial charge in [-0.1, -0.05) is 84.0 Å². The van der Waals surface area contributed by atoms with Crippen molar-refractivity contribution in [3.63, 3.8) is 0 Å². The average Bonchev–Trinajstić information content (AvgIpc) is 3.38. The number of amides is 1. The topological polar surface area (TPSA) is 80.9 Å². The number of para-hydroxylation sites is 1. The quantitative estimate of drug-likeness (QED) is 0.313. The minimum Gasteiger partial charge on any atom is -0.339 e. The first-order valence-electron chi connectivity index (χ1n) is 11.5. The molecule has 0 bridgehead atoms. The Labute approximate surface area is 203 Å². The smallest absolute Gasteiger partial charge is 0.231 e. The third-order valence-electron chi connectivity index (χ3n) is 5.83. The van der Waals surface area contributed by atoms with Gasteiger partial charge < -0.3 is 9.84 Å².